The monoisotopic (exact) mass is 452 g/mol. The Balaban J connectivity index is 1.67. The third-order valence-electron chi connectivity index (χ3n) is 6.51. The fourth-order valence-electron chi connectivity index (χ4n) is 5.13. The zero-order chi connectivity index (χ0) is 23.4. The summed E-state index contributed by atoms with van der Waals surface area (Å²) >= 11 is 0. The Morgan fingerprint density at radius 2 is 1.67 bits per heavy atom. The Kier molecular flexibility index (Phi) is 4.78. The molecule has 3 fully saturated rings. The molecule has 0 bridgehead atoms. The van der Waals surface area contributed by atoms with Gasteiger partial charge in [0.1, 0.15) is 6.04 Å². The molecule has 5 rings (SSSR count). The molecule has 3 aliphatic rings. The van der Waals surface area contributed by atoms with Crippen molar-refractivity contribution in [1.82, 2.24) is 20.9 Å². The van der Waals surface area contributed by atoms with E-state index in [9.17, 15) is 20.1 Å². The van der Waals surface area contributed by atoms with Crippen LogP contribution in [0.15, 0.2) is 60.7 Å². The van der Waals surface area contributed by atoms with Gasteiger partial charge in [-0.3, -0.25) is 10.8 Å². The largest absolute Gasteiger partial charge is 0.450 e. The summed E-state index contributed by atoms with van der Waals surface area (Å²) in [5.74, 6) is -3.95. The van der Waals surface area contributed by atoms with E-state index in [1.807, 2.05) is 0 Å². The van der Waals surface area contributed by atoms with E-state index in [0.717, 1.165) is 0 Å². The third-order valence-corrected chi connectivity index (χ3v) is 6.51. The third kappa shape index (κ3) is 2.90. The van der Waals surface area contributed by atoms with Gasteiger partial charge in [-0.05, 0) is 17.7 Å². The van der Waals surface area contributed by atoms with Crippen LogP contribution in [0.3, 0.4) is 0 Å². The number of aliphatic hydroxyl groups excluding tert-OH is 1. The standard InChI is InChI=1S/C22H24N6O5/c23-19-26-16-14(11-29)25-20(24)28-15(12-7-3-1-4-8-12)17(22(31,32)21(16,28)27-19)33-18(30)13-9-5-2-6-10-13/h1-10,14-17,29,31-32H,11H2,(H2,24,25)(H3,23,26,27)/t14-,15+,16?,17-,21?/m0/s1. The SMILES string of the molecule is N=C1NC2[C@H](CO)NC(=N)N3[C@H](c4ccccc4)[C@H](OC(=O)c4ccccc4)C(O)(O)C23N1. The van der Waals surface area contributed by atoms with Crippen LogP contribution >= 0.6 is 0 Å². The molecule has 0 saturated carbocycles. The minimum atomic E-state index is -2.76. The van der Waals surface area contributed by atoms with Gasteiger partial charge >= 0.3 is 5.97 Å². The Bertz CT molecular complexity index is 1100. The molecule has 33 heavy (non-hydrogen) atoms. The Hall–Kier alpha value is -3.67. The molecular weight excluding hydrogens is 428 g/mol. The molecule has 5 atom stereocenters. The molecule has 0 aliphatic carbocycles. The normalized spacial score (nSPS) is 31.7. The van der Waals surface area contributed by atoms with Crippen molar-refractivity contribution in [3.05, 3.63) is 71.8 Å². The smallest absolute Gasteiger partial charge is 0.338 e. The lowest BCUT2D eigenvalue weighted by molar-refractivity contribution is -0.259. The summed E-state index contributed by atoms with van der Waals surface area (Å²) in [7, 11) is 0. The Labute approximate surface area is 189 Å². The minimum Gasteiger partial charge on any atom is -0.450 e. The van der Waals surface area contributed by atoms with Gasteiger partial charge in [0.2, 0.25) is 5.79 Å². The first-order valence-corrected chi connectivity index (χ1v) is 10.5. The van der Waals surface area contributed by atoms with Gasteiger partial charge in [0, 0.05) is 0 Å². The average Bonchev–Trinajstić information content (AvgIpc) is 3.27. The molecule has 3 heterocycles. The predicted molar refractivity (Wildman–Crippen MR) is 116 cm³/mol. The average molecular weight is 452 g/mol. The topological polar surface area (TPSA) is 174 Å². The molecule has 11 nitrogen and oxygen atoms in total. The van der Waals surface area contributed by atoms with Gasteiger partial charge in [-0.1, -0.05) is 48.5 Å². The van der Waals surface area contributed by atoms with E-state index in [-0.39, 0.29) is 17.5 Å². The van der Waals surface area contributed by atoms with E-state index in [2.05, 4.69) is 16.0 Å². The summed E-state index contributed by atoms with van der Waals surface area (Å²) in [6, 6.07) is 14.2. The molecule has 2 aromatic rings. The molecule has 172 valence electrons. The molecular formula is C22H24N6O5. The number of hydrogen-bond donors (Lipinski definition) is 8. The first-order valence-electron chi connectivity index (χ1n) is 10.5. The number of rotatable bonds is 4. The number of ether oxygens (including phenoxy) is 1. The predicted octanol–water partition coefficient (Wildman–Crippen LogP) is -0.959. The fraction of sp³-hybridized carbons (Fsp3) is 0.318. The highest BCUT2D eigenvalue weighted by Gasteiger charge is 2.78. The van der Waals surface area contributed by atoms with Crippen molar-refractivity contribution in [2.75, 3.05) is 6.61 Å². The highest BCUT2D eigenvalue weighted by Crippen LogP contribution is 2.52. The highest BCUT2D eigenvalue weighted by atomic mass is 16.6. The second-order valence-corrected chi connectivity index (χ2v) is 8.31. The van der Waals surface area contributed by atoms with Crippen LogP contribution in [0, 0.1) is 10.8 Å². The van der Waals surface area contributed by atoms with E-state index in [4.69, 9.17) is 15.6 Å². The van der Waals surface area contributed by atoms with Crippen LogP contribution < -0.4 is 16.0 Å². The summed E-state index contributed by atoms with van der Waals surface area (Å²) in [6.07, 6.45) is -1.55. The van der Waals surface area contributed by atoms with E-state index >= 15 is 0 Å². The van der Waals surface area contributed by atoms with Gasteiger partial charge < -0.3 is 40.9 Å². The van der Waals surface area contributed by atoms with Gasteiger partial charge in [-0.15, -0.1) is 0 Å². The number of nitrogens with zero attached hydrogens (tertiary/aromatic N) is 1. The van der Waals surface area contributed by atoms with Gasteiger partial charge in [0.05, 0.1) is 24.3 Å². The van der Waals surface area contributed by atoms with Crippen molar-refractivity contribution in [3.8, 4) is 0 Å². The van der Waals surface area contributed by atoms with Crippen LogP contribution in [-0.2, 0) is 4.74 Å². The van der Waals surface area contributed by atoms with Crippen LogP contribution in [0.1, 0.15) is 22.0 Å². The molecule has 11 heteroatoms. The van der Waals surface area contributed by atoms with E-state index in [0.29, 0.717) is 5.56 Å². The quantitative estimate of drug-likeness (QED) is 0.215. The maximum atomic E-state index is 13.0. The van der Waals surface area contributed by atoms with Crippen molar-refractivity contribution in [1.29, 1.82) is 10.8 Å². The number of hydrogen-bond acceptors (Lipinski definition) is 7. The molecule has 2 unspecified atom stereocenters. The van der Waals surface area contributed by atoms with Gasteiger partial charge in [0.15, 0.2) is 23.7 Å². The second-order valence-electron chi connectivity index (χ2n) is 8.31. The van der Waals surface area contributed by atoms with Crippen molar-refractivity contribution < 1.29 is 24.9 Å². The van der Waals surface area contributed by atoms with Gasteiger partial charge in [-0.2, -0.15) is 0 Å². The van der Waals surface area contributed by atoms with Crippen molar-refractivity contribution in [2.24, 2.45) is 0 Å². The van der Waals surface area contributed by atoms with E-state index < -0.39 is 48.3 Å². The van der Waals surface area contributed by atoms with Gasteiger partial charge in [0.25, 0.3) is 0 Å². The van der Waals surface area contributed by atoms with E-state index in [1.165, 1.54) is 4.90 Å². The van der Waals surface area contributed by atoms with Gasteiger partial charge in [-0.25, -0.2) is 4.79 Å². The summed E-state index contributed by atoms with van der Waals surface area (Å²) in [5, 5.41) is 58.4. The number of aliphatic hydroxyl groups is 3. The van der Waals surface area contributed by atoms with Crippen molar-refractivity contribution in [3.63, 3.8) is 0 Å². The maximum absolute atomic E-state index is 13.0. The van der Waals surface area contributed by atoms with Crippen molar-refractivity contribution >= 4 is 17.9 Å². The van der Waals surface area contributed by atoms with Crippen LogP contribution in [-0.4, -0.2) is 74.4 Å². The lowest BCUT2D eigenvalue weighted by atomic mass is 9.85. The Morgan fingerprint density at radius 3 is 2.30 bits per heavy atom. The summed E-state index contributed by atoms with van der Waals surface area (Å²) in [5.41, 5.74) is -1.08. The zero-order valence-electron chi connectivity index (χ0n) is 17.4. The van der Waals surface area contributed by atoms with Crippen LogP contribution in [0.4, 0.5) is 0 Å². The Morgan fingerprint density at radius 1 is 1.03 bits per heavy atom. The molecule has 8 N–H and O–H groups in total. The number of nitrogens with one attached hydrogen (secondary N) is 5. The highest BCUT2D eigenvalue weighted by molar-refractivity contribution is 5.90. The minimum absolute atomic E-state index is 0.214. The number of carbonyl (C=O) groups excluding carboxylic acids is 1. The molecule has 3 saturated heterocycles. The number of carbonyl (C=O) groups is 1. The van der Waals surface area contributed by atoms with Crippen LogP contribution in [0.2, 0.25) is 0 Å². The molecule has 3 aliphatic heterocycles. The number of guanidine groups is 2. The molecule has 0 aromatic heterocycles. The first-order chi connectivity index (χ1) is 15.8. The molecule has 2 aromatic carbocycles. The fourth-order valence-corrected chi connectivity index (χ4v) is 5.13. The van der Waals surface area contributed by atoms with Crippen LogP contribution in [0.25, 0.3) is 0 Å². The van der Waals surface area contributed by atoms with Crippen LogP contribution in [0.5, 0.6) is 0 Å². The summed E-state index contributed by atoms with van der Waals surface area (Å²) < 4.78 is 5.72. The second kappa shape index (κ2) is 7.44. The lowest BCUT2D eigenvalue weighted by Gasteiger charge is -2.51. The molecule has 0 radical (unpaired) electrons. The molecule has 0 amide bonds. The first kappa shape index (κ1) is 21.2. The summed E-state index contributed by atoms with van der Waals surface area (Å²) in [6.45, 7) is -0.439. The maximum Gasteiger partial charge on any atom is 0.338 e. The zero-order valence-corrected chi connectivity index (χ0v) is 17.4. The van der Waals surface area contributed by atoms with E-state index in [1.54, 1.807) is 60.7 Å². The number of esters is 1. The molecule has 1 spiro atoms. The number of benzene rings is 2. The lowest BCUT2D eigenvalue weighted by Crippen LogP contribution is -2.81. The summed E-state index contributed by atoms with van der Waals surface area (Å²) in [4.78, 5) is 14.3. The van der Waals surface area contributed by atoms with Crippen molar-refractivity contribution in [2.45, 2.75) is 35.7 Å².